The van der Waals surface area contributed by atoms with E-state index >= 15 is 0 Å². The highest BCUT2D eigenvalue weighted by Gasteiger charge is 2.31. The van der Waals surface area contributed by atoms with E-state index in [9.17, 15) is 4.79 Å². The van der Waals surface area contributed by atoms with Crippen LogP contribution in [0.5, 0.6) is 0 Å². The number of hydrogen-bond donors (Lipinski definition) is 0. The van der Waals surface area contributed by atoms with E-state index in [0.29, 0.717) is 10.7 Å². The Morgan fingerprint density at radius 3 is 2.86 bits per heavy atom. The van der Waals surface area contributed by atoms with Crippen LogP contribution in [0, 0.1) is 0 Å². The van der Waals surface area contributed by atoms with Crippen LogP contribution in [0.4, 0.5) is 0 Å². The van der Waals surface area contributed by atoms with Crippen molar-refractivity contribution in [1.82, 2.24) is 4.98 Å². The van der Waals surface area contributed by atoms with E-state index < -0.39 is 0 Å². The number of carbonyl (C=O) groups excluding carboxylic acids is 1. The van der Waals surface area contributed by atoms with Crippen LogP contribution in [0.15, 0.2) is 12.1 Å². The van der Waals surface area contributed by atoms with Crippen molar-refractivity contribution < 1.29 is 9.53 Å². The Balaban J connectivity index is 2.56. The molecule has 0 N–H and O–H groups in total. The number of halogens is 1. The summed E-state index contributed by atoms with van der Waals surface area (Å²) in [5.74, 6) is -0.212. The number of rotatable bonds is 0. The Hall–Kier alpha value is -1.09. The lowest BCUT2D eigenvalue weighted by molar-refractivity contribution is 0.0235. The minimum absolute atomic E-state index is 0.0985. The first-order valence-corrected chi connectivity index (χ1v) is 4.85. The van der Waals surface area contributed by atoms with Gasteiger partial charge in [-0.25, -0.2) is 9.78 Å². The van der Waals surface area contributed by atoms with Gasteiger partial charge in [0.05, 0.1) is 11.3 Å². The summed E-state index contributed by atoms with van der Waals surface area (Å²) in [5, 5.41) is 0.414. The summed E-state index contributed by atoms with van der Waals surface area (Å²) in [6.07, 6.45) is -0.138. The van der Waals surface area contributed by atoms with Crippen LogP contribution in [0.2, 0.25) is 5.15 Å². The van der Waals surface area contributed by atoms with Crippen LogP contribution in [0.25, 0.3) is 0 Å². The lowest BCUT2D eigenvalue weighted by atomic mass is 9.94. The minimum Gasteiger partial charge on any atom is -0.458 e. The lowest BCUT2D eigenvalue weighted by Gasteiger charge is -2.26. The first-order valence-electron chi connectivity index (χ1n) is 4.47. The van der Waals surface area contributed by atoms with E-state index in [4.69, 9.17) is 16.3 Å². The maximum absolute atomic E-state index is 11.4. The molecule has 0 amide bonds. The van der Waals surface area contributed by atoms with Crippen LogP contribution >= 0.6 is 11.6 Å². The Morgan fingerprint density at radius 2 is 2.14 bits per heavy atom. The standard InChI is InChI=1S/C10H10ClNO2/c1-5-6(2)14-10(13)7-3-4-8(11)12-9(5)7/h3-6H,1-2H3. The molecule has 3 nitrogen and oxygen atoms in total. The zero-order chi connectivity index (χ0) is 10.3. The number of pyridine rings is 1. The quantitative estimate of drug-likeness (QED) is 0.489. The van der Waals surface area contributed by atoms with E-state index in [1.807, 2.05) is 13.8 Å². The second-order valence-electron chi connectivity index (χ2n) is 3.47. The normalized spacial score (nSPS) is 25.5. The average molecular weight is 212 g/mol. The van der Waals surface area contributed by atoms with Crippen molar-refractivity contribution in [1.29, 1.82) is 0 Å². The van der Waals surface area contributed by atoms with Crippen LogP contribution < -0.4 is 0 Å². The van der Waals surface area contributed by atoms with E-state index in [2.05, 4.69) is 4.98 Å². The molecule has 0 saturated heterocycles. The molecule has 2 rings (SSSR count). The summed E-state index contributed by atoms with van der Waals surface area (Å²) in [7, 11) is 0. The molecule has 1 aliphatic rings. The number of fused-ring (bicyclic) bond motifs is 1. The van der Waals surface area contributed by atoms with E-state index in [1.165, 1.54) is 0 Å². The number of cyclic esters (lactones) is 1. The molecule has 0 fully saturated rings. The van der Waals surface area contributed by atoms with Crippen LogP contribution in [-0.4, -0.2) is 17.1 Å². The van der Waals surface area contributed by atoms with Crippen LogP contribution in [-0.2, 0) is 4.74 Å². The molecule has 0 saturated carbocycles. The molecule has 4 heteroatoms. The molecule has 74 valence electrons. The fraction of sp³-hybridized carbons (Fsp3) is 0.400. The molecule has 0 aliphatic carbocycles. The molecule has 0 bridgehead atoms. The van der Waals surface area contributed by atoms with Gasteiger partial charge in [-0.3, -0.25) is 0 Å². The number of carbonyl (C=O) groups is 1. The second kappa shape index (κ2) is 3.24. The number of ether oxygens (including phenoxy) is 1. The number of nitrogens with zero attached hydrogens (tertiary/aromatic N) is 1. The Morgan fingerprint density at radius 1 is 1.43 bits per heavy atom. The monoisotopic (exact) mass is 211 g/mol. The van der Waals surface area contributed by atoms with Gasteiger partial charge in [0, 0.05) is 5.92 Å². The molecule has 14 heavy (non-hydrogen) atoms. The van der Waals surface area contributed by atoms with Gasteiger partial charge in [-0.2, -0.15) is 0 Å². The molecule has 1 aromatic heterocycles. The molecule has 1 aromatic rings. The predicted molar refractivity (Wildman–Crippen MR) is 52.5 cm³/mol. The number of aromatic nitrogens is 1. The summed E-state index contributed by atoms with van der Waals surface area (Å²) < 4.78 is 5.14. The van der Waals surface area contributed by atoms with Crippen molar-refractivity contribution in [3.63, 3.8) is 0 Å². The topological polar surface area (TPSA) is 39.2 Å². The molecule has 0 spiro atoms. The Bertz CT molecular complexity index is 392. The summed E-state index contributed by atoms with van der Waals surface area (Å²) in [5.41, 5.74) is 1.27. The number of hydrogen-bond acceptors (Lipinski definition) is 3. The van der Waals surface area contributed by atoms with Gasteiger partial charge in [-0.05, 0) is 19.1 Å². The summed E-state index contributed by atoms with van der Waals surface area (Å²) in [4.78, 5) is 15.6. The largest absolute Gasteiger partial charge is 0.458 e. The molecule has 2 unspecified atom stereocenters. The highest BCUT2D eigenvalue weighted by molar-refractivity contribution is 6.29. The maximum Gasteiger partial charge on any atom is 0.340 e. The minimum atomic E-state index is -0.310. The van der Waals surface area contributed by atoms with E-state index in [-0.39, 0.29) is 18.0 Å². The Kier molecular flexibility index (Phi) is 2.19. The van der Waals surface area contributed by atoms with Crippen molar-refractivity contribution in [2.45, 2.75) is 25.9 Å². The molecule has 2 heterocycles. The van der Waals surface area contributed by atoms with Crippen LogP contribution in [0.3, 0.4) is 0 Å². The number of esters is 1. The van der Waals surface area contributed by atoms with Gasteiger partial charge in [0.25, 0.3) is 0 Å². The van der Waals surface area contributed by atoms with Gasteiger partial charge in [-0.15, -0.1) is 0 Å². The summed E-state index contributed by atoms with van der Waals surface area (Å²) in [6.45, 7) is 3.83. The first-order chi connectivity index (χ1) is 6.59. The van der Waals surface area contributed by atoms with Gasteiger partial charge in [0.2, 0.25) is 0 Å². The molecule has 2 atom stereocenters. The smallest absolute Gasteiger partial charge is 0.340 e. The lowest BCUT2D eigenvalue weighted by Crippen LogP contribution is -2.29. The fourth-order valence-corrected chi connectivity index (χ4v) is 1.68. The van der Waals surface area contributed by atoms with Gasteiger partial charge in [-0.1, -0.05) is 18.5 Å². The predicted octanol–water partition coefficient (Wildman–Crippen LogP) is 2.40. The molecule has 1 aliphatic heterocycles. The highest BCUT2D eigenvalue weighted by Crippen LogP contribution is 2.30. The third kappa shape index (κ3) is 1.38. The average Bonchev–Trinajstić information content (AvgIpc) is 2.14. The van der Waals surface area contributed by atoms with Crippen molar-refractivity contribution in [2.24, 2.45) is 0 Å². The molecular weight excluding hydrogens is 202 g/mol. The van der Waals surface area contributed by atoms with Gasteiger partial charge in [0.15, 0.2) is 0 Å². The van der Waals surface area contributed by atoms with Crippen molar-refractivity contribution in [3.05, 3.63) is 28.5 Å². The third-order valence-electron chi connectivity index (χ3n) is 2.54. The van der Waals surface area contributed by atoms with Gasteiger partial charge in [0.1, 0.15) is 11.3 Å². The van der Waals surface area contributed by atoms with Crippen molar-refractivity contribution >= 4 is 17.6 Å². The van der Waals surface area contributed by atoms with E-state index in [1.54, 1.807) is 12.1 Å². The third-order valence-corrected chi connectivity index (χ3v) is 2.75. The molecular formula is C10H10ClNO2. The van der Waals surface area contributed by atoms with Crippen molar-refractivity contribution in [2.75, 3.05) is 0 Å². The second-order valence-corrected chi connectivity index (χ2v) is 3.85. The SMILES string of the molecule is CC1OC(=O)c2ccc(Cl)nc2C1C. The molecule has 0 radical (unpaired) electrons. The van der Waals surface area contributed by atoms with Gasteiger partial charge < -0.3 is 4.74 Å². The van der Waals surface area contributed by atoms with Crippen molar-refractivity contribution in [3.8, 4) is 0 Å². The Labute approximate surface area is 87.0 Å². The maximum atomic E-state index is 11.4. The summed E-state index contributed by atoms with van der Waals surface area (Å²) >= 11 is 5.77. The fourth-order valence-electron chi connectivity index (χ4n) is 1.53. The first kappa shape index (κ1) is 9.46. The molecule has 0 aromatic carbocycles. The van der Waals surface area contributed by atoms with Gasteiger partial charge >= 0.3 is 5.97 Å². The summed E-state index contributed by atoms with van der Waals surface area (Å²) in [6, 6.07) is 3.26. The zero-order valence-corrected chi connectivity index (χ0v) is 8.71. The van der Waals surface area contributed by atoms with E-state index in [0.717, 1.165) is 5.69 Å². The van der Waals surface area contributed by atoms with Crippen LogP contribution in [0.1, 0.15) is 35.8 Å². The zero-order valence-electron chi connectivity index (χ0n) is 7.95. The highest BCUT2D eigenvalue weighted by atomic mass is 35.5.